The highest BCUT2D eigenvalue weighted by molar-refractivity contribution is 5.79. The number of hydrogen-bond acceptors (Lipinski definition) is 4. The van der Waals surface area contributed by atoms with E-state index in [4.69, 9.17) is 4.74 Å². The monoisotopic (exact) mass is 293 g/mol. The molecule has 1 aromatic carbocycles. The summed E-state index contributed by atoms with van der Waals surface area (Å²) in [7, 11) is 2.98. The Morgan fingerprint density at radius 3 is 2.43 bits per heavy atom. The summed E-state index contributed by atoms with van der Waals surface area (Å²) in [6.45, 7) is 1.55. The highest BCUT2D eigenvalue weighted by atomic mass is 16.5. The van der Waals surface area contributed by atoms with E-state index in [1.165, 1.54) is 7.11 Å². The van der Waals surface area contributed by atoms with E-state index in [2.05, 4.69) is 4.74 Å². The Balaban J connectivity index is 2.56. The first-order valence-electron chi connectivity index (χ1n) is 7.04. The van der Waals surface area contributed by atoms with E-state index in [1.807, 2.05) is 30.3 Å². The van der Waals surface area contributed by atoms with E-state index in [-0.39, 0.29) is 18.3 Å². The maximum Gasteiger partial charge on any atom is 0.307 e. The molecule has 21 heavy (non-hydrogen) atoms. The van der Waals surface area contributed by atoms with Gasteiger partial charge in [0.15, 0.2) is 0 Å². The van der Waals surface area contributed by atoms with Crippen LogP contribution in [-0.2, 0) is 25.5 Å². The first-order valence-corrected chi connectivity index (χ1v) is 7.04. The summed E-state index contributed by atoms with van der Waals surface area (Å²) in [4.78, 5) is 25.3. The molecule has 0 unspecified atom stereocenters. The van der Waals surface area contributed by atoms with Crippen LogP contribution in [0, 0.1) is 0 Å². The summed E-state index contributed by atoms with van der Waals surface area (Å²) in [5, 5.41) is 0. The molecule has 0 heterocycles. The minimum atomic E-state index is -0.306. The van der Waals surface area contributed by atoms with Gasteiger partial charge in [-0.3, -0.25) is 9.59 Å². The average molecular weight is 293 g/mol. The molecule has 1 amide bonds. The zero-order valence-electron chi connectivity index (χ0n) is 12.7. The normalized spacial score (nSPS) is 10.2. The molecule has 0 N–H and O–H groups in total. The van der Waals surface area contributed by atoms with Crippen LogP contribution in [0.15, 0.2) is 30.3 Å². The number of ether oxygens (including phenoxy) is 2. The second-order valence-corrected chi connectivity index (χ2v) is 4.72. The van der Waals surface area contributed by atoms with Crippen molar-refractivity contribution in [1.29, 1.82) is 0 Å². The molecule has 1 aromatic rings. The van der Waals surface area contributed by atoms with Crippen molar-refractivity contribution in [2.24, 2.45) is 0 Å². The lowest BCUT2D eigenvalue weighted by molar-refractivity contribution is -0.141. The fourth-order valence-corrected chi connectivity index (χ4v) is 1.97. The lowest BCUT2D eigenvalue weighted by Crippen LogP contribution is -2.35. The van der Waals surface area contributed by atoms with E-state index < -0.39 is 0 Å². The van der Waals surface area contributed by atoms with E-state index >= 15 is 0 Å². The Bertz CT molecular complexity index is 433. The van der Waals surface area contributed by atoms with Crippen molar-refractivity contribution in [3.63, 3.8) is 0 Å². The number of esters is 1. The number of amides is 1. The Kier molecular flexibility index (Phi) is 8.12. The molecule has 1 rings (SSSR count). The second kappa shape index (κ2) is 9.94. The molecule has 0 aliphatic carbocycles. The molecule has 0 saturated heterocycles. The van der Waals surface area contributed by atoms with Crippen LogP contribution in [0.5, 0.6) is 0 Å². The van der Waals surface area contributed by atoms with Gasteiger partial charge in [-0.15, -0.1) is 0 Å². The van der Waals surface area contributed by atoms with Crippen molar-refractivity contribution in [1.82, 2.24) is 4.90 Å². The van der Waals surface area contributed by atoms with Crippen LogP contribution in [0.2, 0.25) is 0 Å². The Labute approximate surface area is 125 Å². The number of carbonyl (C=O) groups excluding carboxylic acids is 2. The van der Waals surface area contributed by atoms with E-state index in [0.717, 1.165) is 12.0 Å². The summed E-state index contributed by atoms with van der Waals surface area (Å²) < 4.78 is 9.63. The smallest absolute Gasteiger partial charge is 0.307 e. The van der Waals surface area contributed by atoms with Crippen LogP contribution < -0.4 is 0 Å². The van der Waals surface area contributed by atoms with E-state index in [9.17, 15) is 9.59 Å². The molecule has 5 heteroatoms. The maximum absolute atomic E-state index is 12.3. The molecule has 0 radical (unpaired) electrons. The summed E-state index contributed by atoms with van der Waals surface area (Å²) in [5.74, 6) is -0.291. The van der Waals surface area contributed by atoms with Crippen LogP contribution in [0.25, 0.3) is 0 Å². The van der Waals surface area contributed by atoms with Crippen molar-refractivity contribution in [3.05, 3.63) is 35.9 Å². The molecular weight excluding hydrogens is 270 g/mol. The van der Waals surface area contributed by atoms with Crippen molar-refractivity contribution in [2.75, 3.05) is 33.9 Å². The first kappa shape index (κ1) is 17.2. The van der Waals surface area contributed by atoms with Crippen molar-refractivity contribution in [2.45, 2.75) is 19.3 Å². The van der Waals surface area contributed by atoms with E-state index in [1.54, 1.807) is 12.0 Å². The average Bonchev–Trinajstić information content (AvgIpc) is 2.51. The van der Waals surface area contributed by atoms with Gasteiger partial charge >= 0.3 is 5.97 Å². The van der Waals surface area contributed by atoms with Gasteiger partial charge in [-0.2, -0.15) is 0 Å². The third kappa shape index (κ3) is 6.90. The topological polar surface area (TPSA) is 55.8 Å². The Morgan fingerprint density at radius 2 is 1.81 bits per heavy atom. The summed E-state index contributed by atoms with van der Waals surface area (Å²) in [5.41, 5.74) is 0.970. The van der Waals surface area contributed by atoms with Crippen molar-refractivity contribution < 1.29 is 19.1 Å². The fourth-order valence-electron chi connectivity index (χ4n) is 1.97. The summed E-state index contributed by atoms with van der Waals surface area (Å²) in [6, 6.07) is 9.58. The van der Waals surface area contributed by atoms with Crippen LogP contribution in [-0.4, -0.2) is 50.7 Å². The molecule has 0 bridgehead atoms. The molecule has 0 saturated carbocycles. The molecule has 5 nitrogen and oxygen atoms in total. The Morgan fingerprint density at radius 1 is 1.10 bits per heavy atom. The minimum Gasteiger partial charge on any atom is -0.469 e. The quantitative estimate of drug-likeness (QED) is 0.513. The van der Waals surface area contributed by atoms with Gasteiger partial charge in [0.05, 0.1) is 20.0 Å². The molecule has 116 valence electrons. The largest absolute Gasteiger partial charge is 0.469 e. The van der Waals surface area contributed by atoms with Gasteiger partial charge in [-0.1, -0.05) is 30.3 Å². The van der Waals surface area contributed by atoms with Crippen LogP contribution in [0.1, 0.15) is 18.4 Å². The predicted molar refractivity (Wildman–Crippen MR) is 79.9 cm³/mol. The zero-order chi connectivity index (χ0) is 15.5. The standard InChI is InChI=1S/C16H23NO4/c1-20-12-6-10-17(11-9-16(19)21-2)15(18)13-14-7-4-3-5-8-14/h3-5,7-8H,6,9-13H2,1-2H3. The summed E-state index contributed by atoms with van der Waals surface area (Å²) >= 11 is 0. The third-order valence-corrected chi connectivity index (χ3v) is 3.14. The molecule has 0 spiro atoms. The number of rotatable bonds is 9. The fraction of sp³-hybridized carbons (Fsp3) is 0.500. The van der Waals surface area contributed by atoms with Crippen LogP contribution >= 0.6 is 0 Å². The maximum atomic E-state index is 12.3. The van der Waals surface area contributed by atoms with E-state index in [0.29, 0.717) is 26.1 Å². The van der Waals surface area contributed by atoms with Gasteiger partial charge in [0, 0.05) is 26.8 Å². The summed E-state index contributed by atoms with van der Waals surface area (Å²) in [6.07, 6.45) is 1.30. The molecule has 0 aliphatic rings. The molecule has 0 aliphatic heterocycles. The highest BCUT2D eigenvalue weighted by Gasteiger charge is 2.15. The van der Waals surface area contributed by atoms with Crippen LogP contribution in [0.3, 0.4) is 0 Å². The van der Waals surface area contributed by atoms with Crippen LogP contribution in [0.4, 0.5) is 0 Å². The van der Waals surface area contributed by atoms with Gasteiger partial charge in [0.1, 0.15) is 0 Å². The second-order valence-electron chi connectivity index (χ2n) is 4.72. The van der Waals surface area contributed by atoms with Crippen molar-refractivity contribution >= 4 is 11.9 Å². The number of hydrogen-bond donors (Lipinski definition) is 0. The minimum absolute atomic E-state index is 0.0150. The zero-order valence-corrected chi connectivity index (χ0v) is 12.7. The lowest BCUT2D eigenvalue weighted by Gasteiger charge is -2.22. The Hall–Kier alpha value is -1.88. The van der Waals surface area contributed by atoms with Gasteiger partial charge in [0.25, 0.3) is 0 Å². The van der Waals surface area contributed by atoms with Gasteiger partial charge in [-0.05, 0) is 12.0 Å². The van der Waals surface area contributed by atoms with Gasteiger partial charge in [-0.25, -0.2) is 0 Å². The SMILES string of the molecule is COCCCN(CCC(=O)OC)C(=O)Cc1ccccc1. The highest BCUT2D eigenvalue weighted by Crippen LogP contribution is 2.05. The lowest BCUT2D eigenvalue weighted by atomic mass is 10.1. The molecule has 0 atom stereocenters. The molecule has 0 fully saturated rings. The predicted octanol–water partition coefficient (Wildman–Crippen LogP) is 1.66. The van der Waals surface area contributed by atoms with Crippen molar-refractivity contribution in [3.8, 4) is 0 Å². The molecule has 0 aromatic heterocycles. The number of benzene rings is 1. The van der Waals surface area contributed by atoms with Gasteiger partial charge < -0.3 is 14.4 Å². The number of nitrogens with zero attached hydrogens (tertiary/aromatic N) is 1. The first-order chi connectivity index (χ1) is 10.2. The third-order valence-electron chi connectivity index (χ3n) is 3.14. The number of methoxy groups -OCH3 is 2. The molecular formula is C16H23NO4. The number of carbonyl (C=O) groups is 2. The van der Waals surface area contributed by atoms with Gasteiger partial charge in [0.2, 0.25) is 5.91 Å².